The number of amides is 2. The van der Waals surface area contributed by atoms with E-state index >= 15 is 0 Å². The molecule has 202 valence electrons. The van der Waals surface area contributed by atoms with Crippen LogP contribution in [0.15, 0.2) is 36.7 Å². The van der Waals surface area contributed by atoms with Crippen LogP contribution in [0.4, 0.5) is 0 Å². The van der Waals surface area contributed by atoms with Crippen molar-refractivity contribution in [2.24, 2.45) is 17.8 Å². The first-order chi connectivity index (χ1) is 18.4. The highest BCUT2D eigenvalue weighted by Gasteiger charge is 2.44. The van der Waals surface area contributed by atoms with Gasteiger partial charge >= 0.3 is 0 Å². The summed E-state index contributed by atoms with van der Waals surface area (Å²) >= 11 is 0. The minimum Gasteiger partial charge on any atom is -0.343 e. The van der Waals surface area contributed by atoms with Gasteiger partial charge in [-0.2, -0.15) is 0 Å². The van der Waals surface area contributed by atoms with E-state index in [-0.39, 0.29) is 11.3 Å². The second-order valence-corrected chi connectivity index (χ2v) is 12.3. The predicted molar refractivity (Wildman–Crippen MR) is 147 cm³/mol. The molecule has 2 unspecified atom stereocenters. The van der Waals surface area contributed by atoms with Crippen molar-refractivity contribution in [2.45, 2.75) is 57.8 Å². The number of hydrogen-bond donors (Lipinski definition) is 0. The highest BCUT2D eigenvalue weighted by atomic mass is 16.2. The summed E-state index contributed by atoms with van der Waals surface area (Å²) in [5.74, 6) is 2.19. The van der Waals surface area contributed by atoms with E-state index in [9.17, 15) is 9.59 Å². The number of nitrogens with zero attached hydrogens (tertiary/aromatic N) is 5. The average molecular weight is 516 g/mol. The highest BCUT2D eigenvalue weighted by Crippen LogP contribution is 2.41. The molecule has 2 aromatic rings. The molecule has 7 nitrogen and oxygen atoms in total. The highest BCUT2D eigenvalue weighted by molar-refractivity contribution is 5.96. The Balaban J connectivity index is 1.06. The monoisotopic (exact) mass is 515 g/mol. The molecule has 0 bridgehead atoms. The van der Waals surface area contributed by atoms with E-state index in [1.165, 1.54) is 24.7 Å². The van der Waals surface area contributed by atoms with Crippen LogP contribution in [0.3, 0.4) is 0 Å². The van der Waals surface area contributed by atoms with Crippen molar-refractivity contribution < 1.29 is 9.59 Å². The second-order valence-electron chi connectivity index (χ2n) is 12.3. The third kappa shape index (κ3) is 5.09. The van der Waals surface area contributed by atoms with Crippen LogP contribution in [0.1, 0.15) is 65.8 Å². The fourth-order valence-electron chi connectivity index (χ4n) is 7.23. The molecule has 4 aliphatic rings. The zero-order chi connectivity index (χ0) is 26.3. The van der Waals surface area contributed by atoms with Gasteiger partial charge in [0.1, 0.15) is 6.33 Å². The molecule has 3 aliphatic heterocycles. The molecule has 7 heteroatoms. The molecule has 2 amide bonds. The van der Waals surface area contributed by atoms with Crippen LogP contribution in [0.25, 0.3) is 0 Å². The van der Waals surface area contributed by atoms with Gasteiger partial charge in [-0.15, -0.1) is 0 Å². The third-order valence-electron chi connectivity index (χ3n) is 9.82. The topological polar surface area (TPSA) is 69.6 Å². The SMILES string of the molecule is Cc1ncnc(C)c1C(=O)N1CC2CN(CCC3(c4ccccc4)CCN(C(=O)CC4CC4)CC3)CC2C1. The van der Waals surface area contributed by atoms with Gasteiger partial charge in [-0.3, -0.25) is 9.59 Å². The zero-order valence-corrected chi connectivity index (χ0v) is 22.9. The summed E-state index contributed by atoms with van der Waals surface area (Å²) in [5, 5.41) is 0. The van der Waals surface area contributed by atoms with Gasteiger partial charge in [0.05, 0.1) is 17.0 Å². The summed E-state index contributed by atoms with van der Waals surface area (Å²) in [6, 6.07) is 11.0. The fraction of sp³-hybridized carbons (Fsp3) is 0.613. The van der Waals surface area contributed by atoms with Gasteiger partial charge in [-0.05, 0) is 81.2 Å². The largest absolute Gasteiger partial charge is 0.343 e. The number of carbonyl (C=O) groups excluding carboxylic acids is 2. The lowest BCUT2D eigenvalue weighted by atomic mass is 9.70. The molecule has 4 heterocycles. The minimum absolute atomic E-state index is 0.0903. The molecule has 1 aliphatic carbocycles. The van der Waals surface area contributed by atoms with E-state index < -0.39 is 0 Å². The third-order valence-corrected chi connectivity index (χ3v) is 9.82. The number of aromatic nitrogens is 2. The van der Waals surface area contributed by atoms with Gasteiger partial charge in [0.25, 0.3) is 5.91 Å². The quantitative estimate of drug-likeness (QED) is 0.560. The Hall–Kier alpha value is -2.80. The van der Waals surface area contributed by atoms with Crippen LogP contribution in [0.2, 0.25) is 0 Å². The van der Waals surface area contributed by atoms with Gasteiger partial charge in [0, 0.05) is 45.7 Å². The van der Waals surface area contributed by atoms with Crippen molar-refractivity contribution in [3.63, 3.8) is 0 Å². The lowest BCUT2D eigenvalue weighted by Gasteiger charge is -2.43. The number of piperidine rings is 1. The number of carbonyl (C=O) groups is 2. The standard InChI is InChI=1S/C31H41N5O2/c1-22-29(23(2)33-21-32-22)30(38)36-19-25-17-34(18-26(25)20-36)13-10-31(27-6-4-3-5-7-27)11-14-35(15-12-31)28(37)16-24-8-9-24/h3-7,21,24-26H,8-20H2,1-2H3. The Bertz CT molecular complexity index is 1140. The Morgan fingerprint density at radius 2 is 1.53 bits per heavy atom. The van der Waals surface area contributed by atoms with Crippen molar-refractivity contribution in [2.75, 3.05) is 45.8 Å². The van der Waals surface area contributed by atoms with Crippen molar-refractivity contribution in [1.29, 1.82) is 0 Å². The van der Waals surface area contributed by atoms with E-state index in [0.717, 1.165) is 82.9 Å². The number of benzene rings is 1. The molecule has 0 N–H and O–H groups in total. The van der Waals surface area contributed by atoms with Crippen molar-refractivity contribution in [3.05, 3.63) is 59.2 Å². The number of aryl methyl sites for hydroxylation is 2. The number of likely N-dealkylation sites (tertiary alicyclic amines) is 3. The second kappa shape index (κ2) is 10.4. The summed E-state index contributed by atoms with van der Waals surface area (Å²) in [6.07, 6.45) is 7.99. The zero-order valence-electron chi connectivity index (χ0n) is 22.9. The molecule has 0 spiro atoms. The summed E-state index contributed by atoms with van der Waals surface area (Å²) < 4.78 is 0. The first-order valence-corrected chi connectivity index (χ1v) is 14.5. The van der Waals surface area contributed by atoms with E-state index in [1.807, 2.05) is 18.7 Å². The summed E-state index contributed by atoms with van der Waals surface area (Å²) in [7, 11) is 0. The lowest BCUT2D eigenvalue weighted by Crippen LogP contribution is -2.46. The first kappa shape index (κ1) is 25.5. The molecule has 6 rings (SSSR count). The van der Waals surface area contributed by atoms with E-state index in [1.54, 1.807) is 0 Å². The summed E-state index contributed by atoms with van der Waals surface area (Å²) in [6.45, 7) is 10.4. The van der Waals surface area contributed by atoms with Gasteiger partial charge < -0.3 is 14.7 Å². The van der Waals surface area contributed by atoms with Crippen LogP contribution in [0.5, 0.6) is 0 Å². The summed E-state index contributed by atoms with van der Waals surface area (Å²) in [4.78, 5) is 41.3. The molecule has 1 aromatic carbocycles. The fourth-order valence-corrected chi connectivity index (χ4v) is 7.23. The van der Waals surface area contributed by atoms with Crippen LogP contribution >= 0.6 is 0 Å². The number of rotatable bonds is 7. The lowest BCUT2D eigenvalue weighted by molar-refractivity contribution is -0.133. The maximum Gasteiger partial charge on any atom is 0.257 e. The molecule has 2 atom stereocenters. The van der Waals surface area contributed by atoms with Gasteiger partial charge in [-0.1, -0.05) is 30.3 Å². The maximum absolute atomic E-state index is 13.3. The van der Waals surface area contributed by atoms with E-state index in [4.69, 9.17) is 0 Å². The number of hydrogen-bond acceptors (Lipinski definition) is 5. The van der Waals surface area contributed by atoms with Gasteiger partial charge in [-0.25, -0.2) is 9.97 Å². The van der Waals surface area contributed by atoms with Crippen LogP contribution in [0, 0.1) is 31.6 Å². The van der Waals surface area contributed by atoms with Crippen molar-refractivity contribution in [1.82, 2.24) is 24.7 Å². The molecular weight excluding hydrogens is 474 g/mol. The average Bonchev–Trinajstić information content (AvgIpc) is 3.52. The Morgan fingerprint density at radius 1 is 0.895 bits per heavy atom. The molecule has 38 heavy (non-hydrogen) atoms. The Morgan fingerprint density at radius 3 is 2.13 bits per heavy atom. The van der Waals surface area contributed by atoms with Gasteiger partial charge in [0.2, 0.25) is 5.91 Å². The smallest absolute Gasteiger partial charge is 0.257 e. The Kier molecular flexibility index (Phi) is 6.97. The first-order valence-electron chi connectivity index (χ1n) is 14.5. The van der Waals surface area contributed by atoms with Crippen molar-refractivity contribution in [3.8, 4) is 0 Å². The van der Waals surface area contributed by atoms with Crippen molar-refractivity contribution >= 4 is 11.8 Å². The predicted octanol–water partition coefficient (Wildman–Crippen LogP) is 3.85. The molecule has 0 radical (unpaired) electrons. The molecule has 3 saturated heterocycles. The minimum atomic E-state index is 0.0903. The summed E-state index contributed by atoms with van der Waals surface area (Å²) in [5.41, 5.74) is 3.79. The normalized spacial score (nSPS) is 25.0. The van der Waals surface area contributed by atoms with Crippen LogP contribution < -0.4 is 0 Å². The van der Waals surface area contributed by atoms with Crippen LogP contribution in [-0.4, -0.2) is 82.3 Å². The van der Waals surface area contributed by atoms with Crippen LogP contribution in [-0.2, 0) is 10.2 Å². The van der Waals surface area contributed by atoms with E-state index in [0.29, 0.717) is 29.2 Å². The molecular formula is C31H41N5O2. The molecule has 1 saturated carbocycles. The maximum atomic E-state index is 13.3. The Labute approximate surface area is 226 Å². The van der Waals surface area contributed by atoms with E-state index in [2.05, 4.69) is 50.1 Å². The molecule has 1 aromatic heterocycles. The number of fused-ring (bicyclic) bond motifs is 1. The van der Waals surface area contributed by atoms with Gasteiger partial charge in [0.15, 0.2) is 0 Å². The molecule has 4 fully saturated rings.